The van der Waals surface area contributed by atoms with Gasteiger partial charge in [0.25, 0.3) is 0 Å². The molecule has 4 rings (SSSR count). The molecule has 2 aromatic heterocycles. The summed E-state index contributed by atoms with van der Waals surface area (Å²) in [6.07, 6.45) is 3.99. The average Bonchev–Trinajstić information content (AvgIpc) is 3.21. The third-order valence-corrected chi connectivity index (χ3v) is 5.85. The van der Waals surface area contributed by atoms with Crippen molar-refractivity contribution in [3.63, 3.8) is 0 Å². The van der Waals surface area contributed by atoms with Crippen LogP contribution in [0.25, 0.3) is 16.2 Å². The molecule has 3 aromatic rings. The summed E-state index contributed by atoms with van der Waals surface area (Å²) in [7, 11) is 0. The maximum absolute atomic E-state index is 11.5. The van der Waals surface area contributed by atoms with Crippen molar-refractivity contribution in [2.24, 2.45) is 11.7 Å². The minimum absolute atomic E-state index is 0.0435. The lowest BCUT2D eigenvalue weighted by molar-refractivity contribution is -0.118. The Morgan fingerprint density at radius 3 is 2.78 bits per heavy atom. The normalized spacial score (nSPS) is 16.5. The van der Waals surface area contributed by atoms with Gasteiger partial charge in [0.15, 0.2) is 0 Å². The highest BCUT2D eigenvalue weighted by molar-refractivity contribution is 7.20. The van der Waals surface area contributed by atoms with Crippen molar-refractivity contribution in [2.45, 2.75) is 25.3 Å². The largest absolute Gasteiger partial charge is 0.381 e. The van der Waals surface area contributed by atoms with Gasteiger partial charge in [-0.15, -0.1) is 5.10 Å². The molecule has 1 saturated heterocycles. The van der Waals surface area contributed by atoms with Crippen molar-refractivity contribution in [3.8, 4) is 11.3 Å². The van der Waals surface area contributed by atoms with Crippen LogP contribution < -0.4 is 11.1 Å². The van der Waals surface area contributed by atoms with Crippen molar-refractivity contribution in [1.82, 2.24) is 14.6 Å². The molecule has 7 nitrogen and oxygen atoms in total. The smallest absolute Gasteiger partial charge is 0.219 e. The predicted octanol–water partition coefficient (Wildman–Crippen LogP) is 3.19. The van der Waals surface area contributed by atoms with Gasteiger partial charge in [-0.25, -0.2) is 9.50 Å². The molecule has 0 radical (unpaired) electrons. The second-order valence-electron chi connectivity index (χ2n) is 6.64. The van der Waals surface area contributed by atoms with E-state index >= 15 is 0 Å². The second kappa shape index (κ2) is 7.84. The molecule has 0 bridgehead atoms. The molecule has 0 saturated carbocycles. The van der Waals surface area contributed by atoms with Crippen LogP contribution in [0.1, 0.15) is 19.3 Å². The lowest BCUT2D eigenvalue weighted by Crippen LogP contribution is -2.36. The van der Waals surface area contributed by atoms with Crippen molar-refractivity contribution in [2.75, 3.05) is 18.5 Å². The number of amides is 1. The maximum atomic E-state index is 11.5. The molecule has 1 fully saturated rings. The molecule has 1 atom stereocenters. The van der Waals surface area contributed by atoms with Gasteiger partial charge < -0.3 is 15.8 Å². The van der Waals surface area contributed by atoms with Gasteiger partial charge in [-0.1, -0.05) is 35.1 Å². The van der Waals surface area contributed by atoms with Crippen LogP contribution in [-0.4, -0.2) is 39.8 Å². The number of anilines is 1. The van der Waals surface area contributed by atoms with Gasteiger partial charge in [0.05, 0.1) is 11.9 Å². The Morgan fingerprint density at radius 1 is 1.37 bits per heavy atom. The van der Waals surface area contributed by atoms with Crippen LogP contribution in [0.5, 0.6) is 0 Å². The first-order valence-electron chi connectivity index (χ1n) is 8.83. The van der Waals surface area contributed by atoms with Crippen LogP contribution in [0.2, 0.25) is 5.02 Å². The number of nitrogens with two attached hydrogens (primary N) is 1. The number of benzene rings is 1. The summed E-state index contributed by atoms with van der Waals surface area (Å²) >= 11 is 7.40. The number of hydrogen-bond donors (Lipinski definition) is 2. The summed E-state index contributed by atoms with van der Waals surface area (Å²) < 4.78 is 7.18. The van der Waals surface area contributed by atoms with Gasteiger partial charge in [0.1, 0.15) is 0 Å². The highest BCUT2D eigenvalue weighted by Gasteiger charge is 2.26. The highest BCUT2D eigenvalue weighted by Crippen LogP contribution is 2.28. The predicted molar refractivity (Wildman–Crippen MR) is 106 cm³/mol. The molecule has 1 amide bonds. The Balaban J connectivity index is 1.53. The number of ether oxygens (including phenoxy) is 1. The number of carbonyl (C=O) groups excluding carboxylic acids is 1. The zero-order valence-corrected chi connectivity index (χ0v) is 16.2. The summed E-state index contributed by atoms with van der Waals surface area (Å²) in [5.41, 5.74) is 7.28. The Labute approximate surface area is 165 Å². The van der Waals surface area contributed by atoms with Crippen LogP contribution in [0.15, 0.2) is 30.5 Å². The molecule has 142 valence electrons. The lowest BCUT2D eigenvalue weighted by atomic mass is 9.89. The third kappa shape index (κ3) is 4.23. The third-order valence-electron chi connectivity index (χ3n) is 4.75. The van der Waals surface area contributed by atoms with Gasteiger partial charge >= 0.3 is 0 Å². The average molecular weight is 406 g/mol. The van der Waals surface area contributed by atoms with Gasteiger partial charge in [-0.3, -0.25) is 4.79 Å². The molecule has 9 heteroatoms. The topological polar surface area (TPSA) is 94.5 Å². The minimum Gasteiger partial charge on any atom is -0.381 e. The summed E-state index contributed by atoms with van der Waals surface area (Å²) in [5.74, 6) is 0.0254. The van der Waals surface area contributed by atoms with Crippen LogP contribution in [0.4, 0.5) is 5.13 Å². The number of primary amides is 1. The molecule has 1 aliphatic rings. The van der Waals surface area contributed by atoms with E-state index < -0.39 is 0 Å². The number of hydrogen-bond acceptors (Lipinski definition) is 6. The van der Waals surface area contributed by atoms with Crippen LogP contribution in [-0.2, 0) is 9.53 Å². The number of rotatable bonds is 6. The first kappa shape index (κ1) is 18.2. The highest BCUT2D eigenvalue weighted by atomic mass is 35.5. The molecule has 1 aromatic carbocycles. The van der Waals surface area contributed by atoms with E-state index in [1.165, 1.54) is 11.3 Å². The molecule has 0 spiro atoms. The number of nitrogens with one attached hydrogen (secondary N) is 1. The van der Waals surface area contributed by atoms with E-state index in [2.05, 4.69) is 15.4 Å². The number of imidazole rings is 1. The number of halogens is 1. The summed E-state index contributed by atoms with van der Waals surface area (Å²) in [6, 6.07) is 7.50. The molecule has 3 N–H and O–H groups in total. The standard InChI is InChI=1S/C18H20ClN5O2S/c19-13-3-1-11(2-4-13)15-10-24-18(22-15)27-17(23-24)21-14(9-16(20)25)12-5-7-26-8-6-12/h1-4,10,12,14H,5-9H2,(H2,20,25)(H,21,23). The number of fused-ring (bicyclic) bond motifs is 1. The van der Waals surface area contributed by atoms with Crippen molar-refractivity contribution in [3.05, 3.63) is 35.5 Å². The summed E-state index contributed by atoms with van der Waals surface area (Å²) in [5, 5.41) is 9.39. The Hall–Kier alpha value is -2.16. The van der Waals surface area contributed by atoms with Crippen LogP contribution in [0.3, 0.4) is 0 Å². The van der Waals surface area contributed by atoms with Crippen molar-refractivity contribution < 1.29 is 9.53 Å². The van der Waals surface area contributed by atoms with E-state index in [1.54, 1.807) is 4.52 Å². The Morgan fingerprint density at radius 2 is 2.11 bits per heavy atom. The van der Waals surface area contributed by atoms with Gasteiger partial charge in [0, 0.05) is 36.3 Å². The van der Waals surface area contributed by atoms with Crippen molar-refractivity contribution in [1.29, 1.82) is 0 Å². The van der Waals surface area contributed by atoms with E-state index in [1.807, 2.05) is 30.5 Å². The number of aromatic nitrogens is 3. The Bertz CT molecular complexity index is 902. The molecular formula is C18H20ClN5O2S. The fourth-order valence-electron chi connectivity index (χ4n) is 3.35. The molecule has 3 heterocycles. The molecule has 0 aliphatic carbocycles. The fraction of sp³-hybridized carbons (Fsp3) is 0.389. The van der Waals surface area contributed by atoms with Crippen LogP contribution >= 0.6 is 22.9 Å². The minimum atomic E-state index is -0.314. The zero-order valence-electron chi connectivity index (χ0n) is 14.6. The maximum Gasteiger partial charge on any atom is 0.219 e. The van der Waals surface area contributed by atoms with Gasteiger partial charge in [0.2, 0.25) is 16.0 Å². The first-order chi connectivity index (χ1) is 13.1. The molecule has 1 aliphatic heterocycles. The summed E-state index contributed by atoms with van der Waals surface area (Å²) in [6.45, 7) is 1.43. The SMILES string of the molecule is NC(=O)CC(Nc1nn2cc(-c3ccc(Cl)cc3)nc2s1)C1CCOCC1. The molecule has 27 heavy (non-hydrogen) atoms. The number of carbonyl (C=O) groups is 1. The molecular weight excluding hydrogens is 386 g/mol. The summed E-state index contributed by atoms with van der Waals surface area (Å²) in [4.78, 5) is 16.9. The first-order valence-corrected chi connectivity index (χ1v) is 10.0. The molecule has 1 unspecified atom stereocenters. The Kier molecular flexibility index (Phi) is 5.29. The monoisotopic (exact) mass is 405 g/mol. The zero-order chi connectivity index (χ0) is 18.8. The van der Waals surface area contributed by atoms with Crippen molar-refractivity contribution >= 4 is 38.9 Å². The number of nitrogens with zero attached hydrogens (tertiary/aromatic N) is 3. The van der Waals surface area contributed by atoms with E-state index in [0.717, 1.165) is 34.2 Å². The lowest BCUT2D eigenvalue weighted by Gasteiger charge is -2.30. The van der Waals surface area contributed by atoms with E-state index in [9.17, 15) is 4.79 Å². The van der Waals surface area contributed by atoms with Gasteiger partial charge in [-0.2, -0.15) is 0 Å². The van der Waals surface area contributed by atoms with E-state index in [-0.39, 0.29) is 18.4 Å². The van der Waals surface area contributed by atoms with E-state index in [0.29, 0.717) is 24.2 Å². The quantitative estimate of drug-likeness (QED) is 0.656. The fourth-order valence-corrected chi connectivity index (χ4v) is 4.32. The van der Waals surface area contributed by atoms with Crippen LogP contribution in [0, 0.1) is 5.92 Å². The van der Waals surface area contributed by atoms with Gasteiger partial charge in [-0.05, 0) is 30.9 Å². The van der Waals surface area contributed by atoms with E-state index in [4.69, 9.17) is 22.1 Å². The second-order valence-corrected chi connectivity index (χ2v) is 8.03.